The number of nitrogens with zero attached hydrogens (tertiary/aromatic N) is 3. The molecule has 0 spiro atoms. The van der Waals surface area contributed by atoms with Crippen molar-refractivity contribution in [2.45, 2.75) is 32.7 Å². The molecule has 0 amide bonds. The Morgan fingerprint density at radius 3 is 2.71 bits per heavy atom. The van der Waals surface area contributed by atoms with Crippen molar-refractivity contribution in [1.29, 1.82) is 0 Å². The smallest absolute Gasteiger partial charge is 0.255 e. The van der Waals surface area contributed by atoms with Gasteiger partial charge in [0, 0.05) is 11.6 Å². The van der Waals surface area contributed by atoms with Crippen LogP contribution in [-0.4, -0.2) is 34.6 Å². The fourth-order valence-electron chi connectivity index (χ4n) is 2.19. The number of hydrogen-bond donors (Lipinski definition) is 2. The molecule has 0 saturated heterocycles. The van der Waals surface area contributed by atoms with E-state index >= 15 is 0 Å². The van der Waals surface area contributed by atoms with Crippen LogP contribution in [0.5, 0.6) is 0 Å². The van der Waals surface area contributed by atoms with E-state index in [1.54, 1.807) is 6.92 Å². The number of aromatic nitrogens is 3. The summed E-state index contributed by atoms with van der Waals surface area (Å²) >= 11 is 6.07. The van der Waals surface area contributed by atoms with Crippen LogP contribution in [-0.2, 0) is 0 Å². The second-order valence-electron chi connectivity index (χ2n) is 4.74. The van der Waals surface area contributed by atoms with E-state index in [9.17, 15) is 8.78 Å². The Kier molecular flexibility index (Phi) is 4.95. The summed E-state index contributed by atoms with van der Waals surface area (Å²) in [7, 11) is 1.85. The lowest BCUT2D eigenvalue weighted by atomic mass is 10.1. The summed E-state index contributed by atoms with van der Waals surface area (Å²) in [5.41, 5.74) is 1.93. The lowest BCUT2D eigenvalue weighted by molar-refractivity contribution is 0.163. The largest absolute Gasteiger partial charge is 0.364 e. The van der Waals surface area contributed by atoms with Gasteiger partial charge in [-0.25, -0.2) is 13.8 Å². The zero-order valence-electron chi connectivity index (χ0n) is 12.1. The first kappa shape index (κ1) is 15.9. The molecular formula is C13H18ClF2N5. The van der Waals surface area contributed by atoms with Gasteiger partial charge in [-0.3, -0.25) is 0 Å². The molecule has 0 radical (unpaired) electrons. The summed E-state index contributed by atoms with van der Waals surface area (Å²) in [5, 5.41) is 10.6. The molecule has 0 aliphatic rings. The van der Waals surface area contributed by atoms with E-state index in [0.717, 1.165) is 12.1 Å². The number of fused-ring (bicyclic) bond motifs is 1. The molecule has 2 aromatic rings. The number of hydrogen-bond acceptors (Lipinski definition) is 4. The molecule has 116 valence electrons. The number of rotatable bonds is 6. The Morgan fingerprint density at radius 1 is 1.43 bits per heavy atom. The lowest BCUT2D eigenvalue weighted by Gasteiger charge is -2.12. The first-order chi connectivity index (χ1) is 9.97. The number of nitrogens with one attached hydrogen (secondary N) is 2. The van der Waals surface area contributed by atoms with Crippen LogP contribution in [0.4, 0.5) is 14.6 Å². The second-order valence-corrected chi connectivity index (χ2v) is 5.09. The monoisotopic (exact) mass is 317 g/mol. The number of alkyl halides is 2. The lowest BCUT2D eigenvalue weighted by Crippen LogP contribution is -2.17. The molecule has 0 unspecified atom stereocenters. The van der Waals surface area contributed by atoms with E-state index in [2.05, 4.69) is 20.7 Å². The maximum Gasteiger partial charge on any atom is 0.255 e. The zero-order chi connectivity index (χ0) is 15.6. The van der Waals surface area contributed by atoms with Crippen LogP contribution in [0, 0.1) is 6.92 Å². The summed E-state index contributed by atoms with van der Waals surface area (Å²) in [6, 6.07) is 1.89. The number of halogens is 3. The first-order valence-corrected chi connectivity index (χ1v) is 7.10. The third kappa shape index (κ3) is 3.24. The predicted octanol–water partition coefficient (Wildman–Crippen LogP) is 3.04. The van der Waals surface area contributed by atoms with E-state index in [-0.39, 0.29) is 11.2 Å². The Hall–Kier alpha value is -1.47. The highest BCUT2D eigenvalue weighted by Crippen LogP contribution is 2.25. The maximum atomic E-state index is 12.4. The zero-order valence-corrected chi connectivity index (χ0v) is 12.9. The topological polar surface area (TPSA) is 54.2 Å². The fourth-order valence-corrected chi connectivity index (χ4v) is 2.36. The molecule has 21 heavy (non-hydrogen) atoms. The molecule has 0 fully saturated rings. The van der Waals surface area contributed by atoms with Gasteiger partial charge >= 0.3 is 0 Å². The van der Waals surface area contributed by atoms with E-state index in [1.165, 1.54) is 4.52 Å². The summed E-state index contributed by atoms with van der Waals surface area (Å²) in [6.07, 6.45) is -1.60. The highest BCUT2D eigenvalue weighted by molar-refractivity contribution is 6.30. The van der Waals surface area contributed by atoms with Crippen molar-refractivity contribution in [3.63, 3.8) is 0 Å². The summed E-state index contributed by atoms with van der Waals surface area (Å²) in [4.78, 5) is 4.25. The van der Waals surface area contributed by atoms with Gasteiger partial charge in [0.05, 0.1) is 18.3 Å². The van der Waals surface area contributed by atoms with Crippen molar-refractivity contribution in [1.82, 2.24) is 19.9 Å². The van der Waals surface area contributed by atoms with Gasteiger partial charge in [-0.1, -0.05) is 18.5 Å². The van der Waals surface area contributed by atoms with Gasteiger partial charge < -0.3 is 10.6 Å². The minimum absolute atomic E-state index is 0.0775. The predicted molar refractivity (Wildman–Crippen MR) is 79.3 cm³/mol. The van der Waals surface area contributed by atoms with E-state index in [0.29, 0.717) is 17.0 Å². The third-order valence-corrected chi connectivity index (χ3v) is 3.70. The van der Waals surface area contributed by atoms with Gasteiger partial charge in [-0.2, -0.15) is 9.61 Å². The second kappa shape index (κ2) is 6.53. The molecule has 2 aromatic heterocycles. The van der Waals surface area contributed by atoms with Crippen LogP contribution in [0.1, 0.15) is 30.6 Å². The van der Waals surface area contributed by atoms with Crippen molar-refractivity contribution in [3.8, 4) is 0 Å². The Bertz CT molecular complexity index is 625. The molecule has 0 saturated carbocycles. The molecule has 0 aliphatic heterocycles. The van der Waals surface area contributed by atoms with Crippen molar-refractivity contribution in [2.75, 3.05) is 18.9 Å². The molecule has 2 heterocycles. The van der Waals surface area contributed by atoms with Crippen molar-refractivity contribution < 1.29 is 8.78 Å². The Balaban J connectivity index is 2.51. The maximum absolute atomic E-state index is 12.4. The van der Waals surface area contributed by atoms with Crippen LogP contribution >= 0.6 is 11.6 Å². The van der Waals surface area contributed by atoms with Gasteiger partial charge in [0.15, 0.2) is 5.65 Å². The summed E-state index contributed by atoms with van der Waals surface area (Å²) in [6.45, 7) is 3.29. The van der Waals surface area contributed by atoms with Crippen LogP contribution < -0.4 is 10.6 Å². The molecule has 2 N–H and O–H groups in total. The summed E-state index contributed by atoms with van der Waals surface area (Å²) in [5.74, 6) is 0.447. The Morgan fingerprint density at radius 2 is 2.14 bits per heavy atom. The average molecular weight is 318 g/mol. The number of anilines is 1. The minimum atomic E-state index is -2.46. The molecule has 0 aliphatic carbocycles. The van der Waals surface area contributed by atoms with Crippen LogP contribution in [0.2, 0.25) is 5.15 Å². The van der Waals surface area contributed by atoms with Crippen molar-refractivity contribution >= 4 is 23.1 Å². The van der Waals surface area contributed by atoms with Crippen molar-refractivity contribution in [2.24, 2.45) is 0 Å². The van der Waals surface area contributed by atoms with Gasteiger partial charge in [-0.05, 0) is 20.4 Å². The molecule has 5 nitrogen and oxygen atoms in total. The third-order valence-electron chi connectivity index (χ3n) is 3.34. The standard InChI is InChI=1S/C13H18ClF2N5/c1-4-8(17-3)9-5-11-19-12(14)7(2)13(21(11)20-9)18-6-10(15)16/h5,8,10,17-18H,4,6H2,1-3H3/t8-/m0/s1. The minimum Gasteiger partial charge on any atom is -0.364 e. The highest BCUT2D eigenvalue weighted by atomic mass is 35.5. The van der Waals surface area contributed by atoms with Crippen LogP contribution in [0.3, 0.4) is 0 Å². The van der Waals surface area contributed by atoms with Crippen LogP contribution in [0.25, 0.3) is 5.65 Å². The molecule has 1 atom stereocenters. The summed E-state index contributed by atoms with van der Waals surface area (Å²) < 4.78 is 26.4. The molecule has 0 aromatic carbocycles. The average Bonchev–Trinajstić information content (AvgIpc) is 2.83. The van der Waals surface area contributed by atoms with Gasteiger partial charge in [0.2, 0.25) is 0 Å². The van der Waals surface area contributed by atoms with Gasteiger partial charge in [0.1, 0.15) is 11.0 Å². The van der Waals surface area contributed by atoms with Gasteiger partial charge in [-0.15, -0.1) is 0 Å². The van der Waals surface area contributed by atoms with Crippen molar-refractivity contribution in [3.05, 3.63) is 22.5 Å². The van der Waals surface area contributed by atoms with Crippen LogP contribution in [0.15, 0.2) is 6.07 Å². The molecular weight excluding hydrogens is 300 g/mol. The SMILES string of the molecule is CC[C@H](NC)c1cc2nc(Cl)c(C)c(NCC(F)F)n2n1. The highest BCUT2D eigenvalue weighted by Gasteiger charge is 2.17. The van der Waals surface area contributed by atoms with E-state index in [4.69, 9.17) is 11.6 Å². The van der Waals surface area contributed by atoms with E-state index < -0.39 is 13.0 Å². The molecule has 2 rings (SSSR count). The normalized spacial score (nSPS) is 13.1. The quantitative estimate of drug-likeness (QED) is 0.804. The molecule has 8 heteroatoms. The first-order valence-electron chi connectivity index (χ1n) is 6.73. The molecule has 0 bridgehead atoms. The van der Waals surface area contributed by atoms with E-state index in [1.807, 2.05) is 20.0 Å². The fraction of sp³-hybridized carbons (Fsp3) is 0.538. The van der Waals surface area contributed by atoms with Gasteiger partial charge in [0.25, 0.3) is 6.43 Å². The Labute approximate surface area is 126 Å².